The molecular formula is C12H21N3O2. The van der Waals surface area contributed by atoms with Crippen molar-refractivity contribution < 1.29 is 9.53 Å². The van der Waals surface area contributed by atoms with Crippen molar-refractivity contribution in [2.24, 2.45) is 0 Å². The SMILES string of the molecule is CCOC(=O)CN(CC)CCn1ccnc1C. The van der Waals surface area contributed by atoms with Crippen molar-refractivity contribution in [1.29, 1.82) is 0 Å². The van der Waals surface area contributed by atoms with Gasteiger partial charge in [0.05, 0.1) is 13.2 Å². The molecular weight excluding hydrogens is 218 g/mol. The van der Waals surface area contributed by atoms with Gasteiger partial charge in [-0.1, -0.05) is 6.92 Å². The molecule has 0 aromatic carbocycles. The second-order valence-corrected chi connectivity index (χ2v) is 3.84. The minimum absolute atomic E-state index is 0.156. The van der Waals surface area contributed by atoms with E-state index in [4.69, 9.17) is 4.74 Å². The van der Waals surface area contributed by atoms with Gasteiger partial charge in [-0.05, 0) is 20.4 Å². The van der Waals surface area contributed by atoms with Gasteiger partial charge in [0.2, 0.25) is 0 Å². The Labute approximate surface area is 102 Å². The maximum Gasteiger partial charge on any atom is 0.320 e. The number of esters is 1. The summed E-state index contributed by atoms with van der Waals surface area (Å²) in [7, 11) is 0. The fourth-order valence-corrected chi connectivity index (χ4v) is 1.63. The molecule has 96 valence electrons. The monoisotopic (exact) mass is 239 g/mol. The van der Waals surface area contributed by atoms with Crippen molar-refractivity contribution in [2.75, 3.05) is 26.2 Å². The number of likely N-dealkylation sites (N-methyl/N-ethyl adjacent to an activating group) is 1. The van der Waals surface area contributed by atoms with E-state index in [2.05, 4.69) is 14.5 Å². The summed E-state index contributed by atoms with van der Waals surface area (Å²) in [6.07, 6.45) is 3.74. The van der Waals surface area contributed by atoms with Crippen LogP contribution in [0.4, 0.5) is 0 Å². The number of hydrogen-bond donors (Lipinski definition) is 0. The van der Waals surface area contributed by atoms with Crippen molar-refractivity contribution in [3.05, 3.63) is 18.2 Å². The van der Waals surface area contributed by atoms with Crippen LogP contribution in [-0.4, -0.2) is 46.7 Å². The van der Waals surface area contributed by atoms with Crippen molar-refractivity contribution in [2.45, 2.75) is 27.3 Å². The largest absolute Gasteiger partial charge is 0.465 e. The van der Waals surface area contributed by atoms with Crippen LogP contribution >= 0.6 is 0 Å². The van der Waals surface area contributed by atoms with E-state index < -0.39 is 0 Å². The van der Waals surface area contributed by atoms with Crippen LogP contribution in [0.1, 0.15) is 19.7 Å². The topological polar surface area (TPSA) is 47.4 Å². The first-order valence-electron chi connectivity index (χ1n) is 6.03. The molecule has 17 heavy (non-hydrogen) atoms. The highest BCUT2D eigenvalue weighted by atomic mass is 16.5. The quantitative estimate of drug-likeness (QED) is 0.668. The first-order valence-corrected chi connectivity index (χ1v) is 6.03. The lowest BCUT2D eigenvalue weighted by atomic mass is 10.4. The Hall–Kier alpha value is -1.36. The minimum atomic E-state index is -0.156. The van der Waals surface area contributed by atoms with Gasteiger partial charge in [0.15, 0.2) is 0 Å². The van der Waals surface area contributed by atoms with E-state index in [1.807, 2.05) is 27.0 Å². The van der Waals surface area contributed by atoms with Crippen molar-refractivity contribution in [3.8, 4) is 0 Å². The van der Waals surface area contributed by atoms with Crippen molar-refractivity contribution in [1.82, 2.24) is 14.5 Å². The van der Waals surface area contributed by atoms with Crippen molar-refractivity contribution in [3.63, 3.8) is 0 Å². The summed E-state index contributed by atoms with van der Waals surface area (Å²) in [5.74, 6) is 0.842. The molecule has 0 radical (unpaired) electrons. The first-order chi connectivity index (χ1) is 8.17. The highest BCUT2D eigenvalue weighted by Gasteiger charge is 2.09. The Kier molecular flexibility index (Phi) is 5.69. The average Bonchev–Trinajstić information content (AvgIpc) is 2.70. The maximum atomic E-state index is 11.4. The number of carbonyl (C=O) groups excluding carboxylic acids is 1. The van der Waals surface area contributed by atoms with E-state index in [1.165, 1.54) is 0 Å². The van der Waals surface area contributed by atoms with Gasteiger partial charge in [0.25, 0.3) is 0 Å². The normalized spacial score (nSPS) is 10.8. The number of ether oxygens (including phenoxy) is 1. The molecule has 0 saturated carbocycles. The lowest BCUT2D eigenvalue weighted by Crippen LogP contribution is -2.33. The maximum absolute atomic E-state index is 11.4. The second kappa shape index (κ2) is 7.06. The third-order valence-corrected chi connectivity index (χ3v) is 2.69. The summed E-state index contributed by atoms with van der Waals surface area (Å²) >= 11 is 0. The third kappa shape index (κ3) is 4.56. The molecule has 0 aliphatic heterocycles. The summed E-state index contributed by atoms with van der Waals surface area (Å²) in [6.45, 7) is 9.15. The fourth-order valence-electron chi connectivity index (χ4n) is 1.63. The molecule has 5 nitrogen and oxygen atoms in total. The van der Waals surface area contributed by atoms with E-state index in [1.54, 1.807) is 6.20 Å². The molecule has 0 atom stereocenters. The molecule has 1 heterocycles. The molecule has 0 saturated heterocycles. The average molecular weight is 239 g/mol. The Morgan fingerprint density at radius 2 is 2.29 bits per heavy atom. The molecule has 0 bridgehead atoms. The van der Waals surface area contributed by atoms with Gasteiger partial charge in [-0.2, -0.15) is 0 Å². The summed E-state index contributed by atoms with van der Waals surface area (Å²) in [5, 5.41) is 0. The zero-order valence-electron chi connectivity index (χ0n) is 10.8. The number of aryl methyl sites for hydroxylation is 1. The van der Waals surface area contributed by atoms with Gasteiger partial charge in [0, 0.05) is 25.5 Å². The lowest BCUT2D eigenvalue weighted by molar-refractivity contribution is -0.144. The highest BCUT2D eigenvalue weighted by molar-refractivity contribution is 5.71. The molecule has 0 N–H and O–H groups in total. The predicted molar refractivity (Wildman–Crippen MR) is 65.7 cm³/mol. The molecule has 1 aromatic rings. The molecule has 1 aromatic heterocycles. The molecule has 5 heteroatoms. The number of imidazole rings is 1. The fraction of sp³-hybridized carbons (Fsp3) is 0.667. The Morgan fingerprint density at radius 3 is 2.82 bits per heavy atom. The van der Waals surface area contributed by atoms with Crippen LogP contribution < -0.4 is 0 Å². The van der Waals surface area contributed by atoms with Crippen LogP contribution in [0.5, 0.6) is 0 Å². The Bertz CT molecular complexity index is 349. The van der Waals surface area contributed by atoms with E-state index in [0.717, 1.165) is 25.5 Å². The molecule has 1 rings (SSSR count). The first kappa shape index (κ1) is 13.7. The summed E-state index contributed by atoms with van der Waals surface area (Å²) in [5.41, 5.74) is 0. The van der Waals surface area contributed by atoms with Crippen LogP contribution in [0.15, 0.2) is 12.4 Å². The summed E-state index contributed by atoms with van der Waals surface area (Å²) in [4.78, 5) is 17.6. The van der Waals surface area contributed by atoms with Gasteiger partial charge in [-0.15, -0.1) is 0 Å². The number of aromatic nitrogens is 2. The number of hydrogen-bond acceptors (Lipinski definition) is 4. The zero-order chi connectivity index (χ0) is 12.7. The van der Waals surface area contributed by atoms with E-state index in [0.29, 0.717) is 13.2 Å². The number of rotatable bonds is 7. The van der Waals surface area contributed by atoms with E-state index in [9.17, 15) is 4.79 Å². The summed E-state index contributed by atoms with van der Waals surface area (Å²) in [6, 6.07) is 0. The molecule has 0 fully saturated rings. The van der Waals surface area contributed by atoms with Crippen LogP contribution in [-0.2, 0) is 16.1 Å². The van der Waals surface area contributed by atoms with Gasteiger partial charge in [0.1, 0.15) is 5.82 Å². The Balaban J connectivity index is 2.37. The third-order valence-electron chi connectivity index (χ3n) is 2.69. The Morgan fingerprint density at radius 1 is 1.53 bits per heavy atom. The number of carbonyl (C=O) groups is 1. The summed E-state index contributed by atoms with van der Waals surface area (Å²) < 4.78 is 7.01. The van der Waals surface area contributed by atoms with Gasteiger partial charge >= 0.3 is 5.97 Å². The lowest BCUT2D eigenvalue weighted by Gasteiger charge is -2.19. The highest BCUT2D eigenvalue weighted by Crippen LogP contribution is 1.97. The van der Waals surface area contributed by atoms with Crippen molar-refractivity contribution >= 4 is 5.97 Å². The van der Waals surface area contributed by atoms with Crippen LogP contribution in [0.2, 0.25) is 0 Å². The van der Waals surface area contributed by atoms with Gasteiger partial charge < -0.3 is 9.30 Å². The van der Waals surface area contributed by atoms with E-state index in [-0.39, 0.29) is 5.97 Å². The molecule has 0 unspecified atom stereocenters. The van der Waals surface area contributed by atoms with Crippen LogP contribution in [0, 0.1) is 6.92 Å². The molecule has 0 aliphatic carbocycles. The van der Waals surface area contributed by atoms with Crippen LogP contribution in [0.25, 0.3) is 0 Å². The number of nitrogens with zero attached hydrogens (tertiary/aromatic N) is 3. The zero-order valence-corrected chi connectivity index (χ0v) is 10.8. The van der Waals surface area contributed by atoms with Gasteiger partial charge in [-0.25, -0.2) is 4.98 Å². The molecule has 0 amide bonds. The van der Waals surface area contributed by atoms with Gasteiger partial charge in [-0.3, -0.25) is 9.69 Å². The standard InChI is InChI=1S/C12H21N3O2/c1-4-14(10-12(16)17-5-2)8-9-15-7-6-13-11(15)3/h6-7H,4-5,8-10H2,1-3H3. The smallest absolute Gasteiger partial charge is 0.320 e. The molecule has 0 aliphatic rings. The molecule has 0 spiro atoms. The van der Waals surface area contributed by atoms with Crippen LogP contribution in [0.3, 0.4) is 0 Å². The van der Waals surface area contributed by atoms with E-state index >= 15 is 0 Å². The predicted octanol–water partition coefficient (Wildman–Crippen LogP) is 1.08. The minimum Gasteiger partial charge on any atom is -0.465 e. The second-order valence-electron chi connectivity index (χ2n) is 3.84.